The number of aryl methyl sites for hydroxylation is 2. The number of carbonyl (C=O) groups is 1. The van der Waals surface area contributed by atoms with Crippen molar-refractivity contribution in [2.75, 3.05) is 44.3 Å². The third-order valence-electron chi connectivity index (χ3n) is 6.73. The van der Waals surface area contributed by atoms with Crippen LogP contribution in [0.4, 0.5) is 5.82 Å². The highest BCUT2D eigenvalue weighted by Crippen LogP contribution is 2.29. The molecule has 0 saturated carbocycles. The molecule has 2 aliphatic heterocycles. The zero-order chi connectivity index (χ0) is 23.2. The van der Waals surface area contributed by atoms with Crippen molar-refractivity contribution in [1.82, 2.24) is 34.0 Å². The Morgan fingerprint density at radius 1 is 1.00 bits per heavy atom. The first-order valence-corrected chi connectivity index (χ1v) is 12.0. The lowest BCUT2D eigenvalue weighted by Crippen LogP contribution is -2.37. The molecule has 176 valence electrons. The lowest BCUT2D eigenvalue weighted by Gasteiger charge is -2.28. The van der Waals surface area contributed by atoms with E-state index >= 15 is 0 Å². The van der Waals surface area contributed by atoms with Crippen LogP contribution in [0.5, 0.6) is 0 Å². The summed E-state index contributed by atoms with van der Waals surface area (Å²) in [7, 11) is 1.87. The van der Waals surface area contributed by atoms with Crippen LogP contribution in [0.3, 0.4) is 0 Å². The molecule has 0 aliphatic carbocycles. The SMILES string of the molecule is CCc1nc2ccccc2n1-c1nc(N2CCOCC2)c2nc(C(=O)N3CCCC3)n(C)c2n1. The van der Waals surface area contributed by atoms with Crippen molar-refractivity contribution in [1.29, 1.82) is 0 Å². The number of para-hydroxylation sites is 2. The van der Waals surface area contributed by atoms with Crippen LogP contribution in [-0.2, 0) is 18.2 Å². The van der Waals surface area contributed by atoms with Gasteiger partial charge in [-0.15, -0.1) is 0 Å². The number of benzene rings is 1. The fourth-order valence-corrected chi connectivity index (χ4v) is 4.92. The van der Waals surface area contributed by atoms with E-state index in [1.165, 1.54) is 0 Å². The minimum atomic E-state index is -0.0465. The van der Waals surface area contributed by atoms with Crippen molar-refractivity contribution in [2.24, 2.45) is 7.05 Å². The Hall–Kier alpha value is -3.53. The van der Waals surface area contributed by atoms with Gasteiger partial charge in [0, 0.05) is 39.6 Å². The van der Waals surface area contributed by atoms with E-state index in [-0.39, 0.29) is 5.91 Å². The molecule has 2 aliphatic rings. The van der Waals surface area contributed by atoms with Crippen molar-refractivity contribution in [3.63, 3.8) is 0 Å². The normalized spacial score (nSPS) is 16.8. The van der Waals surface area contributed by atoms with E-state index in [1.54, 1.807) is 0 Å². The monoisotopic (exact) mass is 460 g/mol. The Labute approximate surface area is 197 Å². The van der Waals surface area contributed by atoms with E-state index in [2.05, 4.69) is 11.8 Å². The summed E-state index contributed by atoms with van der Waals surface area (Å²) >= 11 is 0. The van der Waals surface area contributed by atoms with Gasteiger partial charge >= 0.3 is 0 Å². The van der Waals surface area contributed by atoms with Gasteiger partial charge in [0.25, 0.3) is 5.91 Å². The quantitative estimate of drug-likeness (QED) is 0.461. The molecule has 2 saturated heterocycles. The fourth-order valence-electron chi connectivity index (χ4n) is 4.92. The molecular formula is C24H28N8O2. The second-order valence-electron chi connectivity index (χ2n) is 8.82. The zero-order valence-electron chi connectivity index (χ0n) is 19.6. The predicted molar refractivity (Wildman–Crippen MR) is 128 cm³/mol. The largest absolute Gasteiger partial charge is 0.378 e. The summed E-state index contributed by atoms with van der Waals surface area (Å²) in [4.78, 5) is 36.9. The Morgan fingerprint density at radius 2 is 1.76 bits per heavy atom. The lowest BCUT2D eigenvalue weighted by atomic mass is 10.3. The number of fused-ring (bicyclic) bond motifs is 2. The number of ether oxygens (including phenoxy) is 1. The van der Waals surface area contributed by atoms with Gasteiger partial charge in [-0.1, -0.05) is 19.1 Å². The van der Waals surface area contributed by atoms with Crippen molar-refractivity contribution in [3.8, 4) is 5.95 Å². The van der Waals surface area contributed by atoms with Crippen LogP contribution in [0, 0.1) is 0 Å². The number of imidazole rings is 2. The first kappa shape index (κ1) is 21.0. The van der Waals surface area contributed by atoms with Gasteiger partial charge in [-0.05, 0) is 25.0 Å². The maximum absolute atomic E-state index is 13.3. The Bertz CT molecular complexity index is 1380. The number of likely N-dealkylation sites (tertiary alicyclic amines) is 1. The zero-order valence-corrected chi connectivity index (χ0v) is 19.6. The van der Waals surface area contributed by atoms with Crippen LogP contribution >= 0.6 is 0 Å². The van der Waals surface area contributed by atoms with Crippen LogP contribution in [-0.4, -0.2) is 79.3 Å². The average Bonchev–Trinajstić information content (AvgIpc) is 3.61. The molecule has 10 heteroatoms. The Balaban J connectivity index is 1.58. The van der Waals surface area contributed by atoms with Gasteiger partial charge in [0.2, 0.25) is 11.8 Å². The molecule has 1 aromatic carbocycles. The van der Waals surface area contributed by atoms with Gasteiger partial charge in [-0.2, -0.15) is 9.97 Å². The van der Waals surface area contributed by atoms with Gasteiger partial charge in [0.15, 0.2) is 17.0 Å². The fraction of sp³-hybridized carbons (Fsp3) is 0.458. The molecular weight excluding hydrogens is 432 g/mol. The number of carbonyl (C=O) groups excluding carboxylic acids is 1. The van der Waals surface area contributed by atoms with Crippen molar-refractivity contribution in [3.05, 3.63) is 35.9 Å². The number of nitrogens with zero attached hydrogens (tertiary/aromatic N) is 8. The summed E-state index contributed by atoms with van der Waals surface area (Å²) in [6.45, 7) is 6.30. The Morgan fingerprint density at radius 3 is 2.53 bits per heavy atom. The first-order chi connectivity index (χ1) is 16.7. The second-order valence-corrected chi connectivity index (χ2v) is 8.82. The number of rotatable bonds is 4. The van der Waals surface area contributed by atoms with E-state index < -0.39 is 0 Å². The first-order valence-electron chi connectivity index (χ1n) is 12.0. The van der Waals surface area contributed by atoms with Crippen LogP contribution in [0.25, 0.3) is 28.1 Å². The molecule has 10 nitrogen and oxygen atoms in total. The van der Waals surface area contributed by atoms with Gasteiger partial charge in [0.1, 0.15) is 5.82 Å². The summed E-state index contributed by atoms with van der Waals surface area (Å²) in [5.74, 6) is 2.53. The van der Waals surface area contributed by atoms with Crippen molar-refractivity contribution >= 4 is 33.9 Å². The molecule has 1 amide bonds. The van der Waals surface area contributed by atoms with E-state index in [4.69, 9.17) is 24.7 Å². The topological polar surface area (TPSA) is 94.2 Å². The highest BCUT2D eigenvalue weighted by Gasteiger charge is 2.28. The standard InChI is InChI=1S/C24H28N8O2/c1-3-18-25-16-8-4-5-9-17(16)32(18)24-27-20-19(21(28-24)30-12-14-34-15-13-30)26-22(29(20)2)23(33)31-10-6-7-11-31/h4-5,8-9H,3,6-7,10-15H2,1-2H3. The van der Waals surface area contributed by atoms with Crippen LogP contribution < -0.4 is 4.90 Å². The van der Waals surface area contributed by atoms with Gasteiger partial charge in [-0.3, -0.25) is 9.36 Å². The molecule has 34 heavy (non-hydrogen) atoms. The van der Waals surface area contributed by atoms with Gasteiger partial charge in [0.05, 0.1) is 24.2 Å². The molecule has 0 radical (unpaired) electrons. The summed E-state index contributed by atoms with van der Waals surface area (Å²) in [6.07, 6.45) is 2.81. The molecule has 0 unspecified atom stereocenters. The molecule has 5 heterocycles. The summed E-state index contributed by atoms with van der Waals surface area (Å²) in [6, 6.07) is 8.02. The number of hydrogen-bond acceptors (Lipinski definition) is 7. The van der Waals surface area contributed by atoms with Crippen molar-refractivity contribution < 1.29 is 9.53 Å². The molecule has 0 N–H and O–H groups in total. The third-order valence-corrected chi connectivity index (χ3v) is 6.73. The number of amides is 1. The second kappa shape index (κ2) is 8.35. The lowest BCUT2D eigenvalue weighted by molar-refractivity contribution is 0.0777. The van der Waals surface area contributed by atoms with Gasteiger partial charge < -0.3 is 19.1 Å². The minimum absolute atomic E-state index is 0.0465. The smallest absolute Gasteiger partial charge is 0.289 e. The molecule has 0 bridgehead atoms. The molecule has 0 atom stereocenters. The number of morpholine rings is 1. The van der Waals surface area contributed by atoms with Crippen LogP contribution in [0.15, 0.2) is 24.3 Å². The highest BCUT2D eigenvalue weighted by molar-refractivity contribution is 5.96. The predicted octanol–water partition coefficient (Wildman–Crippen LogP) is 2.34. The maximum atomic E-state index is 13.3. The Kier molecular flexibility index (Phi) is 5.17. The maximum Gasteiger partial charge on any atom is 0.289 e. The third kappa shape index (κ3) is 3.32. The summed E-state index contributed by atoms with van der Waals surface area (Å²) < 4.78 is 9.41. The molecule has 0 spiro atoms. The van der Waals surface area contributed by atoms with E-state index in [0.717, 1.165) is 55.0 Å². The number of hydrogen-bond donors (Lipinski definition) is 0. The van der Waals surface area contributed by atoms with Crippen molar-refractivity contribution in [2.45, 2.75) is 26.2 Å². The van der Waals surface area contributed by atoms with Crippen LogP contribution in [0.2, 0.25) is 0 Å². The van der Waals surface area contributed by atoms with E-state index in [9.17, 15) is 4.79 Å². The molecule has 6 rings (SSSR count). The average molecular weight is 461 g/mol. The summed E-state index contributed by atoms with van der Waals surface area (Å²) in [5.41, 5.74) is 3.17. The number of anilines is 1. The molecule has 4 aromatic rings. The van der Waals surface area contributed by atoms with Gasteiger partial charge in [-0.25, -0.2) is 9.97 Å². The van der Waals surface area contributed by atoms with E-state index in [0.29, 0.717) is 49.2 Å². The minimum Gasteiger partial charge on any atom is -0.378 e. The highest BCUT2D eigenvalue weighted by atomic mass is 16.5. The van der Waals surface area contributed by atoms with E-state index in [1.807, 2.05) is 45.3 Å². The summed E-state index contributed by atoms with van der Waals surface area (Å²) in [5, 5.41) is 0. The molecule has 3 aromatic heterocycles. The number of aromatic nitrogens is 6. The van der Waals surface area contributed by atoms with Crippen LogP contribution in [0.1, 0.15) is 36.2 Å². The molecule has 2 fully saturated rings.